The number of nitrogens with one attached hydrogen (secondary N) is 1. The Morgan fingerprint density at radius 2 is 2.28 bits per heavy atom. The first-order valence-electron chi connectivity index (χ1n) is 5.08. The predicted molar refractivity (Wildman–Crippen MR) is 72.5 cm³/mol. The summed E-state index contributed by atoms with van der Waals surface area (Å²) in [6, 6.07) is 3.80. The first-order valence-corrected chi connectivity index (χ1v) is 6.69. The number of thiophene rings is 1. The van der Waals surface area contributed by atoms with Crippen LogP contribution in [0.25, 0.3) is 6.08 Å². The molecule has 1 aromatic rings. The third-order valence-corrected chi connectivity index (χ3v) is 3.35. The van der Waals surface area contributed by atoms with Gasteiger partial charge in [0.15, 0.2) is 0 Å². The quantitative estimate of drug-likeness (QED) is 0.588. The zero-order valence-electron chi connectivity index (χ0n) is 9.39. The van der Waals surface area contributed by atoms with E-state index in [4.69, 9.17) is 9.84 Å². The Labute approximate surface area is 117 Å². The summed E-state index contributed by atoms with van der Waals surface area (Å²) in [5.41, 5.74) is 0. The van der Waals surface area contributed by atoms with Crippen molar-refractivity contribution >= 4 is 45.2 Å². The molecule has 0 atom stereocenters. The molecule has 1 rings (SSSR count). The molecular weight excluding hydrogens is 322 g/mol. The Bertz CT molecular complexity index is 444. The van der Waals surface area contributed by atoms with Crippen molar-refractivity contribution < 1.29 is 19.4 Å². The summed E-state index contributed by atoms with van der Waals surface area (Å²) >= 11 is 4.85. The molecule has 1 heterocycles. The van der Waals surface area contributed by atoms with Gasteiger partial charge in [0.25, 0.3) is 0 Å². The molecule has 0 aromatic carbocycles. The highest BCUT2D eigenvalue weighted by atomic mass is 79.9. The molecule has 0 saturated heterocycles. The van der Waals surface area contributed by atoms with Crippen LogP contribution in [0.3, 0.4) is 0 Å². The molecule has 0 aliphatic carbocycles. The van der Waals surface area contributed by atoms with Crippen molar-refractivity contribution in [3.63, 3.8) is 0 Å². The van der Waals surface area contributed by atoms with Gasteiger partial charge in [-0.25, -0.2) is 4.79 Å². The Kier molecular flexibility index (Phi) is 6.63. The second-order valence-corrected chi connectivity index (χ2v) is 5.71. The van der Waals surface area contributed by atoms with Crippen molar-refractivity contribution in [2.24, 2.45) is 0 Å². The monoisotopic (exact) mass is 333 g/mol. The van der Waals surface area contributed by atoms with Crippen molar-refractivity contribution in [2.75, 3.05) is 19.8 Å². The van der Waals surface area contributed by atoms with Crippen LogP contribution in [-0.2, 0) is 14.3 Å². The van der Waals surface area contributed by atoms with Crippen molar-refractivity contribution in [1.29, 1.82) is 0 Å². The second-order valence-electron chi connectivity index (χ2n) is 3.21. The van der Waals surface area contributed by atoms with E-state index in [1.807, 2.05) is 12.1 Å². The number of carbonyl (C=O) groups excluding carboxylic acids is 1. The SMILES string of the molecule is O=C(O)COCCNC(=O)C=Cc1ccc(Br)s1. The molecule has 7 heteroatoms. The number of hydrogen-bond donors (Lipinski definition) is 2. The zero-order chi connectivity index (χ0) is 13.4. The van der Waals surface area contributed by atoms with E-state index in [1.54, 1.807) is 6.08 Å². The van der Waals surface area contributed by atoms with Crippen LogP contribution in [0.4, 0.5) is 0 Å². The number of hydrogen-bond acceptors (Lipinski definition) is 4. The first kappa shape index (κ1) is 14.9. The molecule has 2 N–H and O–H groups in total. The summed E-state index contributed by atoms with van der Waals surface area (Å²) < 4.78 is 5.77. The number of carbonyl (C=O) groups is 2. The van der Waals surface area contributed by atoms with Crippen LogP contribution in [-0.4, -0.2) is 36.7 Å². The Balaban J connectivity index is 2.17. The van der Waals surface area contributed by atoms with E-state index >= 15 is 0 Å². The van der Waals surface area contributed by atoms with E-state index in [0.29, 0.717) is 0 Å². The highest BCUT2D eigenvalue weighted by Gasteiger charge is 1.98. The summed E-state index contributed by atoms with van der Waals surface area (Å²) in [7, 11) is 0. The van der Waals surface area contributed by atoms with Gasteiger partial charge >= 0.3 is 5.97 Å². The summed E-state index contributed by atoms with van der Waals surface area (Å²) in [5, 5.41) is 10.9. The van der Waals surface area contributed by atoms with E-state index < -0.39 is 5.97 Å². The largest absolute Gasteiger partial charge is 0.480 e. The third kappa shape index (κ3) is 6.53. The highest BCUT2D eigenvalue weighted by Crippen LogP contribution is 2.22. The van der Waals surface area contributed by atoms with E-state index in [9.17, 15) is 9.59 Å². The maximum Gasteiger partial charge on any atom is 0.329 e. The molecule has 0 unspecified atom stereocenters. The fourth-order valence-electron chi connectivity index (χ4n) is 1.04. The second kappa shape index (κ2) is 8.02. The minimum Gasteiger partial charge on any atom is -0.480 e. The Morgan fingerprint density at radius 1 is 1.50 bits per heavy atom. The summed E-state index contributed by atoms with van der Waals surface area (Å²) in [5.74, 6) is -1.26. The van der Waals surface area contributed by atoms with Gasteiger partial charge in [0.1, 0.15) is 6.61 Å². The van der Waals surface area contributed by atoms with E-state index in [0.717, 1.165) is 8.66 Å². The number of aliphatic carboxylic acids is 1. The zero-order valence-corrected chi connectivity index (χ0v) is 11.8. The molecule has 0 radical (unpaired) electrons. The average molecular weight is 334 g/mol. The van der Waals surface area contributed by atoms with Crippen LogP contribution < -0.4 is 5.32 Å². The minimum atomic E-state index is -1.02. The van der Waals surface area contributed by atoms with Crippen LogP contribution in [0.15, 0.2) is 22.0 Å². The molecule has 0 aliphatic rings. The lowest BCUT2D eigenvalue weighted by atomic mass is 10.4. The summed E-state index contributed by atoms with van der Waals surface area (Å²) in [6.07, 6.45) is 3.14. The molecule has 18 heavy (non-hydrogen) atoms. The lowest BCUT2D eigenvalue weighted by Gasteiger charge is -2.01. The third-order valence-electron chi connectivity index (χ3n) is 1.76. The molecule has 0 bridgehead atoms. The van der Waals surface area contributed by atoms with Gasteiger partial charge in [-0.1, -0.05) is 0 Å². The van der Waals surface area contributed by atoms with Crippen LogP contribution in [0, 0.1) is 0 Å². The molecule has 0 aliphatic heterocycles. The minimum absolute atomic E-state index is 0.177. The maximum absolute atomic E-state index is 11.3. The van der Waals surface area contributed by atoms with Gasteiger partial charge in [-0.3, -0.25) is 4.79 Å². The van der Waals surface area contributed by atoms with Gasteiger partial charge in [0.2, 0.25) is 5.91 Å². The van der Waals surface area contributed by atoms with Gasteiger partial charge in [-0.2, -0.15) is 0 Å². The van der Waals surface area contributed by atoms with Gasteiger partial charge in [0, 0.05) is 17.5 Å². The molecule has 0 saturated carbocycles. The summed E-state index contributed by atoms with van der Waals surface area (Å²) in [4.78, 5) is 22.4. The van der Waals surface area contributed by atoms with Crippen molar-refractivity contribution in [1.82, 2.24) is 5.32 Å². The Hall–Kier alpha value is -1.18. The molecule has 5 nitrogen and oxygen atoms in total. The smallest absolute Gasteiger partial charge is 0.329 e. The predicted octanol–water partition coefficient (Wildman–Crippen LogP) is 1.74. The highest BCUT2D eigenvalue weighted by molar-refractivity contribution is 9.11. The standard InChI is InChI=1S/C11H12BrNO4S/c12-9-3-1-8(18-9)2-4-10(14)13-5-6-17-7-11(15)16/h1-4H,5-7H2,(H,13,14)(H,15,16). The summed E-state index contributed by atoms with van der Waals surface area (Å²) in [6.45, 7) is 0.107. The number of rotatable bonds is 7. The first-order chi connectivity index (χ1) is 8.58. The van der Waals surface area contributed by atoms with Crippen LogP contribution in [0.1, 0.15) is 4.88 Å². The lowest BCUT2D eigenvalue weighted by molar-refractivity contribution is -0.142. The number of ether oxygens (including phenoxy) is 1. The van der Waals surface area contributed by atoms with Gasteiger partial charge < -0.3 is 15.2 Å². The van der Waals surface area contributed by atoms with Gasteiger partial charge in [-0.15, -0.1) is 11.3 Å². The normalized spacial score (nSPS) is 10.7. The number of amides is 1. The van der Waals surface area contributed by atoms with E-state index in [1.165, 1.54) is 17.4 Å². The topological polar surface area (TPSA) is 75.6 Å². The van der Waals surface area contributed by atoms with Crippen LogP contribution in [0.2, 0.25) is 0 Å². The average Bonchev–Trinajstić information content (AvgIpc) is 2.71. The fraction of sp³-hybridized carbons (Fsp3) is 0.273. The molecule has 1 aromatic heterocycles. The number of carboxylic acids is 1. The van der Waals surface area contributed by atoms with E-state index in [-0.39, 0.29) is 25.7 Å². The van der Waals surface area contributed by atoms with Crippen LogP contribution in [0.5, 0.6) is 0 Å². The molecule has 1 amide bonds. The lowest BCUT2D eigenvalue weighted by Crippen LogP contribution is -2.26. The van der Waals surface area contributed by atoms with E-state index in [2.05, 4.69) is 21.2 Å². The van der Waals surface area contributed by atoms with Crippen molar-refractivity contribution in [2.45, 2.75) is 0 Å². The fourth-order valence-corrected chi connectivity index (χ4v) is 2.37. The van der Waals surface area contributed by atoms with Crippen molar-refractivity contribution in [3.05, 3.63) is 26.9 Å². The number of carboxylic acid groups (broad SMARTS) is 1. The van der Waals surface area contributed by atoms with Gasteiger partial charge in [0.05, 0.1) is 10.4 Å². The Morgan fingerprint density at radius 3 is 2.89 bits per heavy atom. The van der Waals surface area contributed by atoms with Gasteiger partial charge in [-0.05, 0) is 34.1 Å². The molecule has 0 spiro atoms. The maximum atomic E-state index is 11.3. The number of halogens is 1. The molecule has 0 fully saturated rings. The molecule has 98 valence electrons. The van der Waals surface area contributed by atoms with Crippen LogP contribution >= 0.6 is 27.3 Å². The molecular formula is C11H12BrNO4S. The van der Waals surface area contributed by atoms with Crippen molar-refractivity contribution in [3.8, 4) is 0 Å².